The van der Waals surface area contributed by atoms with Crippen LogP contribution in [0.25, 0.3) is 118 Å². The van der Waals surface area contributed by atoms with Crippen molar-refractivity contribution >= 4 is 21.8 Å². The number of rotatable bonds is 9. The summed E-state index contributed by atoms with van der Waals surface area (Å²) in [7, 11) is 0. The highest BCUT2D eigenvalue weighted by atomic mass is 15.0. The maximum absolute atomic E-state index is 10.4. The molecule has 0 bridgehead atoms. The summed E-state index contributed by atoms with van der Waals surface area (Å²) in [5, 5.41) is 42.2. The zero-order chi connectivity index (χ0) is 50.8. The predicted molar refractivity (Wildman–Crippen MR) is 294 cm³/mol. The first-order chi connectivity index (χ1) is 37.0. The van der Waals surface area contributed by atoms with Gasteiger partial charge < -0.3 is 4.57 Å². The second-order valence-corrected chi connectivity index (χ2v) is 17.9. The number of hydrogen-bond acceptors (Lipinski definition) is 8. The maximum Gasteiger partial charge on any atom is 0.160 e. The lowest BCUT2D eigenvalue weighted by Crippen LogP contribution is -2.03. The maximum atomic E-state index is 10.4. The van der Waals surface area contributed by atoms with Gasteiger partial charge in [-0.2, -0.15) is 21.0 Å². The van der Waals surface area contributed by atoms with Crippen LogP contribution in [0, 0.1) is 45.3 Å². The van der Waals surface area contributed by atoms with Gasteiger partial charge in [-0.05, 0) is 89.0 Å². The van der Waals surface area contributed by atoms with E-state index in [1.807, 2.05) is 164 Å². The van der Waals surface area contributed by atoms with Crippen LogP contribution in [0.2, 0.25) is 0 Å². The largest absolute Gasteiger partial charge is 0.309 e. The van der Waals surface area contributed by atoms with Gasteiger partial charge in [0.2, 0.25) is 0 Å². The average molecular weight is 956 g/mol. The Kier molecular flexibility index (Phi) is 11.6. The van der Waals surface area contributed by atoms with Crippen LogP contribution in [0.1, 0.15) is 22.3 Å². The molecule has 3 aromatic heterocycles. The minimum atomic E-state index is 0.378. The van der Waals surface area contributed by atoms with Crippen molar-refractivity contribution in [2.24, 2.45) is 0 Å². The van der Waals surface area contributed by atoms with Crippen molar-refractivity contribution in [1.82, 2.24) is 24.5 Å². The van der Waals surface area contributed by atoms with E-state index in [9.17, 15) is 21.0 Å². The van der Waals surface area contributed by atoms with Gasteiger partial charge in [-0.25, -0.2) is 19.9 Å². The first-order valence-electron chi connectivity index (χ1n) is 24.1. The van der Waals surface area contributed by atoms with E-state index >= 15 is 0 Å². The lowest BCUT2D eigenvalue weighted by molar-refractivity contribution is 1.14. The van der Waals surface area contributed by atoms with Gasteiger partial charge in [-0.15, -0.1) is 0 Å². The second kappa shape index (κ2) is 19.2. The second-order valence-electron chi connectivity index (χ2n) is 17.9. The summed E-state index contributed by atoms with van der Waals surface area (Å²) in [6.07, 6.45) is 0. The molecule has 9 aromatic carbocycles. The smallest absolute Gasteiger partial charge is 0.160 e. The summed E-state index contributed by atoms with van der Waals surface area (Å²) in [6.45, 7) is 0. The van der Waals surface area contributed by atoms with Crippen molar-refractivity contribution in [3.63, 3.8) is 0 Å². The first-order valence-corrected chi connectivity index (χ1v) is 24.1. The molecule has 12 aromatic rings. The molecule has 0 amide bonds. The molecule has 0 aliphatic rings. The summed E-state index contributed by atoms with van der Waals surface area (Å²) in [4.78, 5) is 21.1. The van der Waals surface area contributed by atoms with Gasteiger partial charge in [-0.3, -0.25) is 0 Å². The lowest BCUT2D eigenvalue weighted by atomic mass is 9.96. The highest BCUT2D eigenvalue weighted by Crippen LogP contribution is 2.42. The van der Waals surface area contributed by atoms with Crippen molar-refractivity contribution < 1.29 is 0 Å². The van der Waals surface area contributed by atoms with Gasteiger partial charge in [0.15, 0.2) is 11.6 Å². The van der Waals surface area contributed by atoms with E-state index in [2.05, 4.69) is 65.2 Å². The molecule has 0 spiro atoms. The molecule has 12 rings (SSSR count). The number of fused-ring (bicyclic) bond motifs is 3. The first kappa shape index (κ1) is 45.1. The summed E-state index contributed by atoms with van der Waals surface area (Å²) >= 11 is 0. The quantitative estimate of drug-likeness (QED) is 0.139. The summed E-state index contributed by atoms with van der Waals surface area (Å²) in [5.74, 6) is 1.06. The molecule has 346 valence electrons. The summed E-state index contributed by atoms with van der Waals surface area (Å²) in [6, 6.07) is 82.1. The van der Waals surface area contributed by atoms with Crippen LogP contribution in [0.3, 0.4) is 0 Å². The fourth-order valence-corrected chi connectivity index (χ4v) is 9.75. The Morgan fingerprint density at radius 1 is 0.293 bits per heavy atom. The van der Waals surface area contributed by atoms with Crippen molar-refractivity contribution in [1.29, 1.82) is 21.0 Å². The van der Waals surface area contributed by atoms with E-state index < -0.39 is 0 Å². The molecule has 0 fully saturated rings. The number of benzene rings is 9. The van der Waals surface area contributed by atoms with Crippen molar-refractivity contribution in [3.05, 3.63) is 247 Å². The zero-order valence-corrected chi connectivity index (χ0v) is 39.9. The van der Waals surface area contributed by atoms with Crippen LogP contribution in [0.5, 0.6) is 0 Å². The summed E-state index contributed by atoms with van der Waals surface area (Å²) in [5.41, 5.74) is 15.0. The molecule has 0 aliphatic carbocycles. The molecule has 0 atom stereocenters. The van der Waals surface area contributed by atoms with Crippen molar-refractivity contribution in [2.45, 2.75) is 0 Å². The minimum absolute atomic E-state index is 0.378. The van der Waals surface area contributed by atoms with E-state index in [0.717, 1.165) is 89.1 Å². The van der Waals surface area contributed by atoms with Gasteiger partial charge in [0.25, 0.3) is 0 Å². The number of aromatic nitrogens is 5. The molecule has 0 saturated carbocycles. The molecule has 75 heavy (non-hydrogen) atoms. The molecule has 9 nitrogen and oxygen atoms in total. The number of nitriles is 4. The monoisotopic (exact) mass is 955 g/mol. The van der Waals surface area contributed by atoms with E-state index in [1.165, 1.54) is 0 Å². The summed E-state index contributed by atoms with van der Waals surface area (Å²) < 4.78 is 2.21. The third-order valence-corrected chi connectivity index (χ3v) is 13.4. The Balaban J connectivity index is 1.19. The Labute approximate surface area is 432 Å². The third-order valence-electron chi connectivity index (χ3n) is 13.4. The van der Waals surface area contributed by atoms with Crippen LogP contribution < -0.4 is 0 Å². The zero-order valence-electron chi connectivity index (χ0n) is 39.9. The normalized spacial score (nSPS) is 10.9. The van der Waals surface area contributed by atoms with Gasteiger partial charge in [0.05, 0.1) is 86.0 Å². The van der Waals surface area contributed by atoms with E-state index in [0.29, 0.717) is 50.7 Å². The third kappa shape index (κ3) is 8.48. The Hall–Kier alpha value is -11.1. The Morgan fingerprint density at radius 2 is 0.693 bits per heavy atom. The minimum Gasteiger partial charge on any atom is -0.309 e. The molecule has 3 heterocycles. The van der Waals surface area contributed by atoms with Crippen molar-refractivity contribution in [2.75, 3.05) is 0 Å². The van der Waals surface area contributed by atoms with E-state index in [4.69, 9.17) is 19.9 Å². The molecule has 0 saturated heterocycles. The lowest BCUT2D eigenvalue weighted by Gasteiger charge is -2.18. The van der Waals surface area contributed by atoms with Gasteiger partial charge in [-0.1, -0.05) is 158 Å². The molecule has 0 unspecified atom stereocenters. The fraction of sp³-hybridized carbons (Fsp3) is 0. The molecular formula is C66H37N9. The van der Waals surface area contributed by atoms with Gasteiger partial charge >= 0.3 is 0 Å². The molecule has 0 radical (unpaired) electrons. The van der Waals surface area contributed by atoms with E-state index in [-0.39, 0.29) is 0 Å². The standard InChI is InChI=1S/C66H37N9/c67-38-42-21-26-53(51(31-42)40-69)48-23-28-55-56-29-24-49(54-27-22-43(39-68)32-52(54)41-70)35-64(56)75(63(55)34-48)62-30-25-50(66-72-58(44-13-5-1-6-14-44)36-59(73-66)45-15-7-2-8-16-45)33-57(62)61-37-60(46-17-9-3-10-18-46)71-65(74-61)47-19-11-4-12-20-47/h1-37H. The molecular weight excluding hydrogens is 919 g/mol. The predicted octanol–water partition coefficient (Wildman–Crippen LogP) is 15.2. The van der Waals surface area contributed by atoms with Crippen LogP contribution in [-0.4, -0.2) is 24.5 Å². The topological polar surface area (TPSA) is 152 Å². The van der Waals surface area contributed by atoms with Crippen LogP contribution in [-0.2, 0) is 0 Å². The molecule has 0 N–H and O–H groups in total. The van der Waals surface area contributed by atoms with E-state index in [1.54, 1.807) is 24.3 Å². The van der Waals surface area contributed by atoms with Crippen LogP contribution in [0.15, 0.2) is 224 Å². The van der Waals surface area contributed by atoms with Crippen molar-refractivity contribution in [3.8, 4) is 120 Å². The SMILES string of the molecule is N#Cc1ccc(-c2ccc3c4ccc(-c5ccc(C#N)cc5C#N)cc4n(-c4ccc(-c5nc(-c6ccccc6)cc(-c6ccccc6)n5)cc4-c4cc(-c5ccccc5)nc(-c5ccccc5)n4)c3c2)c(C#N)c1. The Bertz CT molecular complexity index is 4140. The van der Waals surface area contributed by atoms with Gasteiger partial charge in [0, 0.05) is 44.2 Å². The number of nitrogens with zero attached hydrogens (tertiary/aromatic N) is 9. The Morgan fingerprint density at radius 3 is 1.13 bits per heavy atom. The van der Waals surface area contributed by atoms with Crippen LogP contribution in [0.4, 0.5) is 0 Å². The molecule has 0 aliphatic heterocycles. The van der Waals surface area contributed by atoms with Gasteiger partial charge in [0.1, 0.15) is 0 Å². The fourth-order valence-electron chi connectivity index (χ4n) is 9.75. The number of hydrogen-bond donors (Lipinski definition) is 0. The highest BCUT2D eigenvalue weighted by molar-refractivity contribution is 6.12. The van der Waals surface area contributed by atoms with Crippen LogP contribution >= 0.6 is 0 Å². The molecule has 9 heteroatoms. The highest BCUT2D eigenvalue weighted by Gasteiger charge is 2.23. The average Bonchev–Trinajstić information content (AvgIpc) is 3.85.